The van der Waals surface area contributed by atoms with Crippen molar-refractivity contribution in [2.24, 2.45) is 23.7 Å². The molecule has 0 aromatic heterocycles. The van der Waals surface area contributed by atoms with E-state index in [1.165, 1.54) is 80.9 Å². The van der Waals surface area contributed by atoms with Crippen molar-refractivity contribution in [1.29, 1.82) is 0 Å². The SMILES string of the molecule is CCCCCCCc1ccc(CC2=CC([C@@H](C)CC(C)CC(C)CC)CCC2Cl)cc1. The van der Waals surface area contributed by atoms with Gasteiger partial charge in [0, 0.05) is 0 Å². The van der Waals surface area contributed by atoms with E-state index in [9.17, 15) is 0 Å². The van der Waals surface area contributed by atoms with E-state index in [1.54, 1.807) is 0 Å². The van der Waals surface area contributed by atoms with Crippen LogP contribution in [0.2, 0.25) is 0 Å². The standard InChI is InChI=1S/C30H49Cl/c1-6-8-9-10-11-12-26-13-15-27(16-14-26)21-29-22-28(17-18-30(29)31)25(5)20-24(4)19-23(3)7-2/h13-16,22-25,28,30H,6-12,17-21H2,1-5H3/t23?,24?,25-,28?,30?/m0/s1. The van der Waals surface area contributed by atoms with Gasteiger partial charge in [0.15, 0.2) is 0 Å². The number of alkyl halides is 1. The molecular formula is C30H49Cl. The molecule has 0 N–H and O–H groups in total. The molecule has 0 spiro atoms. The van der Waals surface area contributed by atoms with Crippen molar-refractivity contribution in [2.45, 2.75) is 117 Å². The molecular weight excluding hydrogens is 396 g/mol. The summed E-state index contributed by atoms with van der Waals surface area (Å²) in [6.45, 7) is 11.9. The fourth-order valence-electron chi connectivity index (χ4n) is 5.36. The second-order valence-corrected chi connectivity index (χ2v) is 11.2. The number of rotatable bonds is 14. The van der Waals surface area contributed by atoms with Crippen LogP contribution in [-0.2, 0) is 12.8 Å². The Hall–Kier alpha value is -0.750. The minimum atomic E-state index is 0.222. The predicted molar refractivity (Wildman–Crippen MR) is 140 cm³/mol. The van der Waals surface area contributed by atoms with Crippen molar-refractivity contribution >= 4 is 11.6 Å². The van der Waals surface area contributed by atoms with Crippen LogP contribution in [0.25, 0.3) is 0 Å². The van der Waals surface area contributed by atoms with Gasteiger partial charge >= 0.3 is 0 Å². The maximum Gasteiger partial charge on any atom is 0.0548 e. The maximum absolute atomic E-state index is 6.77. The van der Waals surface area contributed by atoms with Crippen LogP contribution in [0.5, 0.6) is 0 Å². The summed E-state index contributed by atoms with van der Waals surface area (Å²) < 4.78 is 0. The summed E-state index contributed by atoms with van der Waals surface area (Å²) in [5.74, 6) is 3.14. The van der Waals surface area contributed by atoms with Gasteiger partial charge in [-0.2, -0.15) is 0 Å². The van der Waals surface area contributed by atoms with Gasteiger partial charge in [-0.25, -0.2) is 0 Å². The molecule has 1 heteroatoms. The number of benzene rings is 1. The Kier molecular flexibility index (Phi) is 12.3. The number of unbranched alkanes of at least 4 members (excludes halogenated alkanes) is 4. The van der Waals surface area contributed by atoms with Crippen LogP contribution in [-0.4, -0.2) is 5.38 Å². The molecule has 176 valence electrons. The molecule has 1 aromatic carbocycles. The minimum absolute atomic E-state index is 0.222. The highest BCUT2D eigenvalue weighted by atomic mass is 35.5. The smallest absolute Gasteiger partial charge is 0.0548 e. The highest BCUT2D eigenvalue weighted by Crippen LogP contribution is 2.36. The third-order valence-corrected chi connectivity index (χ3v) is 8.09. The van der Waals surface area contributed by atoms with Crippen LogP contribution in [0.1, 0.15) is 110 Å². The summed E-state index contributed by atoms with van der Waals surface area (Å²) in [4.78, 5) is 0. The normalized spacial score (nSPS) is 22.1. The van der Waals surface area contributed by atoms with Gasteiger partial charge < -0.3 is 0 Å². The first-order chi connectivity index (χ1) is 14.9. The fraction of sp³-hybridized carbons (Fsp3) is 0.733. The lowest BCUT2D eigenvalue weighted by molar-refractivity contribution is 0.282. The van der Waals surface area contributed by atoms with Gasteiger partial charge in [-0.15, -0.1) is 11.6 Å². The molecule has 0 bridgehead atoms. The molecule has 0 heterocycles. The van der Waals surface area contributed by atoms with Crippen molar-refractivity contribution in [3.63, 3.8) is 0 Å². The topological polar surface area (TPSA) is 0 Å². The van der Waals surface area contributed by atoms with E-state index in [2.05, 4.69) is 65.0 Å². The molecule has 31 heavy (non-hydrogen) atoms. The highest BCUT2D eigenvalue weighted by molar-refractivity contribution is 6.22. The van der Waals surface area contributed by atoms with Crippen molar-refractivity contribution in [2.75, 3.05) is 0 Å². The molecule has 1 aliphatic rings. The van der Waals surface area contributed by atoms with Gasteiger partial charge in [0.2, 0.25) is 0 Å². The lowest BCUT2D eigenvalue weighted by atomic mass is 9.76. The molecule has 5 atom stereocenters. The number of hydrogen-bond donors (Lipinski definition) is 0. The van der Waals surface area contributed by atoms with E-state index in [0.717, 1.165) is 30.6 Å². The van der Waals surface area contributed by atoms with Gasteiger partial charge in [-0.1, -0.05) is 103 Å². The first kappa shape index (κ1) is 26.5. The molecule has 0 nitrogen and oxygen atoms in total. The Morgan fingerprint density at radius 2 is 1.52 bits per heavy atom. The van der Waals surface area contributed by atoms with Crippen molar-refractivity contribution < 1.29 is 0 Å². The summed E-state index contributed by atoms with van der Waals surface area (Å²) >= 11 is 6.77. The molecule has 0 amide bonds. The molecule has 1 aromatic rings. The largest absolute Gasteiger partial charge is 0.118 e. The lowest BCUT2D eigenvalue weighted by Crippen LogP contribution is -2.22. The molecule has 0 saturated carbocycles. The van der Waals surface area contributed by atoms with Crippen LogP contribution in [0.15, 0.2) is 35.9 Å². The second-order valence-electron chi connectivity index (χ2n) is 10.7. The lowest BCUT2D eigenvalue weighted by Gasteiger charge is -2.31. The third-order valence-electron chi connectivity index (χ3n) is 7.59. The zero-order valence-electron chi connectivity index (χ0n) is 21.1. The van der Waals surface area contributed by atoms with Gasteiger partial charge in [-0.3, -0.25) is 0 Å². The number of allylic oxidation sites excluding steroid dienone is 2. The van der Waals surface area contributed by atoms with Crippen LogP contribution in [0, 0.1) is 23.7 Å². The molecule has 0 fully saturated rings. The van der Waals surface area contributed by atoms with E-state index in [-0.39, 0.29) is 5.38 Å². The number of hydrogen-bond acceptors (Lipinski definition) is 0. The average Bonchev–Trinajstić information content (AvgIpc) is 2.76. The van der Waals surface area contributed by atoms with Gasteiger partial charge in [-0.05, 0) is 79.7 Å². The molecule has 0 aliphatic heterocycles. The van der Waals surface area contributed by atoms with Crippen molar-refractivity contribution in [3.8, 4) is 0 Å². The zero-order valence-corrected chi connectivity index (χ0v) is 21.9. The Labute approximate surface area is 199 Å². The quantitative estimate of drug-likeness (QED) is 0.152. The Morgan fingerprint density at radius 1 is 0.839 bits per heavy atom. The Morgan fingerprint density at radius 3 is 2.19 bits per heavy atom. The molecule has 0 radical (unpaired) electrons. The molecule has 0 saturated heterocycles. The Bertz CT molecular complexity index is 628. The molecule has 1 aliphatic carbocycles. The summed E-state index contributed by atoms with van der Waals surface area (Å²) in [5.41, 5.74) is 4.37. The summed E-state index contributed by atoms with van der Waals surface area (Å²) in [6, 6.07) is 9.37. The van der Waals surface area contributed by atoms with E-state index >= 15 is 0 Å². The number of halogens is 1. The maximum atomic E-state index is 6.77. The zero-order chi connectivity index (χ0) is 22.6. The third kappa shape index (κ3) is 9.73. The first-order valence-electron chi connectivity index (χ1n) is 13.3. The minimum Gasteiger partial charge on any atom is -0.118 e. The van der Waals surface area contributed by atoms with Crippen molar-refractivity contribution in [3.05, 3.63) is 47.0 Å². The van der Waals surface area contributed by atoms with E-state index in [0.29, 0.717) is 5.92 Å². The average molecular weight is 445 g/mol. The Balaban J connectivity index is 1.88. The monoisotopic (exact) mass is 444 g/mol. The van der Waals surface area contributed by atoms with Crippen LogP contribution >= 0.6 is 11.6 Å². The van der Waals surface area contributed by atoms with Gasteiger partial charge in [0.25, 0.3) is 0 Å². The van der Waals surface area contributed by atoms with E-state index < -0.39 is 0 Å². The van der Waals surface area contributed by atoms with Crippen molar-refractivity contribution in [1.82, 2.24) is 0 Å². The van der Waals surface area contributed by atoms with E-state index in [4.69, 9.17) is 11.6 Å². The van der Waals surface area contributed by atoms with Crippen LogP contribution in [0.4, 0.5) is 0 Å². The summed E-state index contributed by atoms with van der Waals surface area (Å²) in [5, 5.41) is 0.222. The first-order valence-corrected chi connectivity index (χ1v) is 13.8. The fourth-order valence-corrected chi connectivity index (χ4v) is 5.63. The predicted octanol–water partition coefficient (Wildman–Crippen LogP) is 9.78. The summed E-state index contributed by atoms with van der Waals surface area (Å²) in [6.07, 6.45) is 18.0. The van der Waals surface area contributed by atoms with Gasteiger partial charge in [0.1, 0.15) is 0 Å². The highest BCUT2D eigenvalue weighted by Gasteiger charge is 2.26. The summed E-state index contributed by atoms with van der Waals surface area (Å²) in [7, 11) is 0. The molecule has 2 rings (SSSR count). The van der Waals surface area contributed by atoms with Gasteiger partial charge in [0.05, 0.1) is 5.38 Å². The second kappa shape index (κ2) is 14.4. The van der Waals surface area contributed by atoms with Crippen LogP contribution < -0.4 is 0 Å². The molecule has 4 unspecified atom stereocenters. The number of aryl methyl sites for hydroxylation is 1. The van der Waals surface area contributed by atoms with E-state index in [1.807, 2.05) is 0 Å². The van der Waals surface area contributed by atoms with Crippen LogP contribution in [0.3, 0.4) is 0 Å².